The zero-order valence-corrected chi connectivity index (χ0v) is 16.8. The van der Waals surface area contributed by atoms with Gasteiger partial charge in [0.05, 0.1) is 4.83 Å². The lowest BCUT2D eigenvalue weighted by molar-refractivity contribution is -0.690. The van der Waals surface area contributed by atoms with Gasteiger partial charge in [0.2, 0.25) is 5.69 Å². The molecule has 1 unspecified atom stereocenters. The van der Waals surface area contributed by atoms with Crippen LogP contribution in [0.25, 0.3) is 22.4 Å². The van der Waals surface area contributed by atoms with Crippen LogP contribution in [0, 0.1) is 6.92 Å². The Morgan fingerprint density at radius 2 is 1.42 bits per heavy atom. The zero-order valence-electron chi connectivity index (χ0n) is 13.6. The maximum absolute atomic E-state index is 3.75. The van der Waals surface area contributed by atoms with Gasteiger partial charge >= 0.3 is 0 Å². The zero-order chi connectivity index (χ0) is 16.9. The standard InChI is InChI=1S/C21H20Br2N/c1-16-12-19(17-8-4-2-5-9-17)13-21(18-10-6-3-7-11-18)24(16)15-20(23)14-22/h2-13,20H,14-15H2,1H3/q+1. The van der Waals surface area contributed by atoms with Crippen molar-refractivity contribution in [2.24, 2.45) is 0 Å². The molecule has 3 rings (SSSR count). The van der Waals surface area contributed by atoms with Crippen LogP contribution in [0.1, 0.15) is 5.69 Å². The summed E-state index contributed by atoms with van der Waals surface area (Å²) in [4.78, 5) is 0.395. The molecule has 0 radical (unpaired) electrons. The van der Waals surface area contributed by atoms with Crippen LogP contribution in [-0.2, 0) is 6.54 Å². The summed E-state index contributed by atoms with van der Waals surface area (Å²) in [7, 11) is 0. The van der Waals surface area contributed by atoms with Crippen molar-refractivity contribution in [1.82, 2.24) is 0 Å². The fourth-order valence-electron chi connectivity index (χ4n) is 2.89. The Bertz CT molecular complexity index is 801. The maximum Gasteiger partial charge on any atom is 0.213 e. The molecule has 1 aromatic heterocycles. The van der Waals surface area contributed by atoms with Gasteiger partial charge in [-0.25, -0.2) is 0 Å². The summed E-state index contributed by atoms with van der Waals surface area (Å²) in [6.45, 7) is 3.11. The minimum Gasteiger partial charge on any atom is -0.195 e. The second-order valence-corrected chi connectivity index (χ2v) is 7.81. The first kappa shape index (κ1) is 17.4. The minimum absolute atomic E-state index is 0.395. The number of aromatic nitrogens is 1. The van der Waals surface area contributed by atoms with E-state index in [2.05, 4.69) is 116 Å². The second-order valence-electron chi connectivity index (χ2n) is 5.86. The number of hydrogen-bond acceptors (Lipinski definition) is 0. The van der Waals surface area contributed by atoms with Crippen molar-refractivity contribution in [2.75, 3.05) is 5.33 Å². The molecule has 122 valence electrons. The highest BCUT2D eigenvalue weighted by Crippen LogP contribution is 2.25. The first-order valence-corrected chi connectivity index (χ1v) is 10.1. The van der Waals surface area contributed by atoms with Gasteiger partial charge in [0, 0.05) is 30.0 Å². The Kier molecular flexibility index (Phi) is 5.85. The first-order chi connectivity index (χ1) is 11.7. The molecular weight excluding hydrogens is 426 g/mol. The molecule has 1 heterocycles. The van der Waals surface area contributed by atoms with E-state index < -0.39 is 0 Å². The third kappa shape index (κ3) is 3.96. The molecule has 24 heavy (non-hydrogen) atoms. The molecule has 0 aliphatic carbocycles. The Morgan fingerprint density at radius 3 is 2.00 bits per heavy atom. The van der Waals surface area contributed by atoms with Gasteiger partial charge in [-0.05, 0) is 23.3 Å². The second kappa shape index (κ2) is 8.09. The Balaban J connectivity index is 2.16. The molecule has 0 N–H and O–H groups in total. The van der Waals surface area contributed by atoms with Crippen LogP contribution in [0.3, 0.4) is 0 Å². The number of hydrogen-bond donors (Lipinski definition) is 0. The van der Waals surface area contributed by atoms with E-state index in [0.717, 1.165) is 11.9 Å². The molecular formula is C21H20Br2N+. The molecule has 0 aliphatic rings. The van der Waals surface area contributed by atoms with Crippen molar-refractivity contribution in [2.45, 2.75) is 18.3 Å². The summed E-state index contributed by atoms with van der Waals surface area (Å²) in [6, 6.07) is 25.8. The largest absolute Gasteiger partial charge is 0.213 e. The molecule has 2 aromatic carbocycles. The van der Waals surface area contributed by atoms with Gasteiger partial charge in [-0.15, -0.1) is 0 Å². The number of benzene rings is 2. The fourth-order valence-corrected chi connectivity index (χ4v) is 3.39. The summed E-state index contributed by atoms with van der Waals surface area (Å²) in [5.74, 6) is 0. The van der Waals surface area contributed by atoms with E-state index >= 15 is 0 Å². The highest BCUT2D eigenvalue weighted by Gasteiger charge is 2.21. The quantitative estimate of drug-likeness (QED) is 0.346. The SMILES string of the molecule is Cc1cc(-c2ccccc2)cc(-c2ccccc2)[n+]1CC(Br)CBr. The molecule has 0 saturated carbocycles. The van der Waals surface area contributed by atoms with E-state index in [1.165, 1.54) is 28.1 Å². The molecule has 0 amide bonds. The van der Waals surface area contributed by atoms with Crippen LogP contribution in [-0.4, -0.2) is 10.2 Å². The average molecular weight is 446 g/mol. The molecule has 0 aliphatic heterocycles. The van der Waals surface area contributed by atoms with Crippen molar-refractivity contribution >= 4 is 31.9 Å². The molecule has 0 spiro atoms. The maximum atomic E-state index is 3.75. The van der Waals surface area contributed by atoms with Crippen LogP contribution in [0.2, 0.25) is 0 Å². The van der Waals surface area contributed by atoms with E-state index in [-0.39, 0.29) is 0 Å². The van der Waals surface area contributed by atoms with E-state index in [0.29, 0.717) is 4.83 Å². The fraction of sp³-hybridized carbons (Fsp3) is 0.190. The van der Waals surface area contributed by atoms with Crippen molar-refractivity contribution in [3.63, 3.8) is 0 Å². The highest BCUT2D eigenvalue weighted by molar-refractivity contribution is 9.12. The van der Waals surface area contributed by atoms with Crippen molar-refractivity contribution in [3.05, 3.63) is 78.5 Å². The van der Waals surface area contributed by atoms with Gasteiger partial charge < -0.3 is 0 Å². The summed E-state index contributed by atoms with van der Waals surface area (Å²) >= 11 is 7.32. The lowest BCUT2D eigenvalue weighted by atomic mass is 10.0. The number of alkyl halides is 2. The normalized spacial score (nSPS) is 12.1. The summed E-state index contributed by atoms with van der Waals surface area (Å²) in [6.07, 6.45) is 0. The predicted octanol–water partition coefficient (Wildman–Crippen LogP) is 5.77. The molecule has 3 aromatic rings. The van der Waals surface area contributed by atoms with E-state index in [4.69, 9.17) is 0 Å². The summed E-state index contributed by atoms with van der Waals surface area (Å²) in [5.41, 5.74) is 6.27. The van der Waals surface area contributed by atoms with E-state index in [1.807, 2.05) is 0 Å². The third-order valence-electron chi connectivity index (χ3n) is 4.10. The molecule has 1 atom stereocenters. The van der Waals surface area contributed by atoms with Crippen LogP contribution >= 0.6 is 31.9 Å². The van der Waals surface area contributed by atoms with E-state index in [9.17, 15) is 0 Å². The average Bonchev–Trinajstić information content (AvgIpc) is 2.64. The van der Waals surface area contributed by atoms with Crippen LogP contribution in [0.5, 0.6) is 0 Å². The predicted molar refractivity (Wildman–Crippen MR) is 109 cm³/mol. The molecule has 1 nitrogen and oxygen atoms in total. The number of aryl methyl sites for hydroxylation is 1. The Morgan fingerprint density at radius 1 is 0.833 bits per heavy atom. The first-order valence-electron chi connectivity index (χ1n) is 8.04. The van der Waals surface area contributed by atoms with Gasteiger partial charge in [-0.2, -0.15) is 4.57 Å². The van der Waals surface area contributed by atoms with Gasteiger partial charge in [-0.1, -0.05) is 80.4 Å². The van der Waals surface area contributed by atoms with Crippen molar-refractivity contribution < 1.29 is 4.57 Å². The Hall–Kier alpha value is -1.45. The lowest BCUT2D eigenvalue weighted by Gasteiger charge is -2.12. The molecule has 0 saturated heterocycles. The van der Waals surface area contributed by atoms with Gasteiger partial charge in [0.15, 0.2) is 12.2 Å². The van der Waals surface area contributed by atoms with Crippen LogP contribution in [0.4, 0.5) is 0 Å². The number of nitrogens with zero attached hydrogens (tertiary/aromatic N) is 1. The smallest absolute Gasteiger partial charge is 0.195 e. The third-order valence-corrected chi connectivity index (χ3v) is 6.36. The van der Waals surface area contributed by atoms with Gasteiger partial charge in [-0.3, -0.25) is 0 Å². The number of rotatable bonds is 5. The lowest BCUT2D eigenvalue weighted by Crippen LogP contribution is -2.43. The van der Waals surface area contributed by atoms with Gasteiger partial charge in [0.1, 0.15) is 0 Å². The molecule has 0 bridgehead atoms. The summed E-state index contributed by atoms with van der Waals surface area (Å²) in [5, 5.41) is 0.925. The summed E-state index contributed by atoms with van der Waals surface area (Å²) < 4.78 is 2.39. The number of halogens is 2. The highest BCUT2D eigenvalue weighted by atomic mass is 79.9. The van der Waals surface area contributed by atoms with E-state index in [1.54, 1.807) is 0 Å². The Labute approximate surface area is 160 Å². The van der Waals surface area contributed by atoms with Crippen LogP contribution in [0.15, 0.2) is 72.8 Å². The topological polar surface area (TPSA) is 3.88 Å². The van der Waals surface area contributed by atoms with Gasteiger partial charge in [0.25, 0.3) is 0 Å². The molecule has 3 heteroatoms. The number of pyridine rings is 1. The van der Waals surface area contributed by atoms with Crippen molar-refractivity contribution in [3.8, 4) is 22.4 Å². The van der Waals surface area contributed by atoms with Crippen LogP contribution < -0.4 is 4.57 Å². The monoisotopic (exact) mass is 444 g/mol. The molecule has 0 fully saturated rings. The minimum atomic E-state index is 0.395. The van der Waals surface area contributed by atoms with Crippen molar-refractivity contribution in [1.29, 1.82) is 0 Å².